The van der Waals surface area contributed by atoms with E-state index in [0.717, 1.165) is 84.5 Å². The van der Waals surface area contributed by atoms with Crippen LogP contribution in [0.25, 0.3) is 61.9 Å². The SMILES string of the molecule is CN(/C(=C\c1ccc2cc(-c3ccc(-c4ccccc4)cc3)n(-c3ccc(N(c4ccccc4)c4ccccc4)cc3)c2c1)c1ccc(-c2ccccc2)cc1)c1ccc(N(c2ccccc2)c2ccccc2)cc1. The minimum Gasteiger partial charge on any atom is -0.344 e. The van der Waals surface area contributed by atoms with E-state index < -0.39 is 0 Å². The van der Waals surface area contributed by atoms with Gasteiger partial charge in [-0.15, -0.1) is 0 Å². The first-order chi connectivity index (χ1) is 37.1. The molecule has 12 rings (SSSR count). The van der Waals surface area contributed by atoms with Gasteiger partial charge in [0.05, 0.1) is 11.2 Å². The molecule has 0 unspecified atom stereocenters. The van der Waals surface area contributed by atoms with Gasteiger partial charge in [-0.3, -0.25) is 0 Å². The summed E-state index contributed by atoms with van der Waals surface area (Å²) in [5.74, 6) is 0. The van der Waals surface area contributed by atoms with Crippen molar-refractivity contribution in [2.75, 3.05) is 21.7 Å². The highest BCUT2D eigenvalue weighted by molar-refractivity contribution is 5.95. The first-order valence-electron chi connectivity index (χ1n) is 25.5. The Morgan fingerprint density at radius 1 is 0.320 bits per heavy atom. The molecular formula is C71H54N4. The Morgan fingerprint density at radius 2 is 0.680 bits per heavy atom. The van der Waals surface area contributed by atoms with Gasteiger partial charge in [-0.25, -0.2) is 0 Å². The number of aromatic nitrogens is 1. The number of para-hydroxylation sites is 4. The number of benzene rings is 11. The van der Waals surface area contributed by atoms with Crippen molar-refractivity contribution in [1.29, 1.82) is 0 Å². The van der Waals surface area contributed by atoms with Gasteiger partial charge in [0, 0.05) is 63.6 Å². The predicted molar refractivity (Wildman–Crippen MR) is 318 cm³/mol. The number of fused-ring (bicyclic) bond motifs is 1. The van der Waals surface area contributed by atoms with Crippen LogP contribution in [0.2, 0.25) is 0 Å². The molecule has 0 bridgehead atoms. The average molecular weight is 963 g/mol. The Kier molecular flexibility index (Phi) is 13.0. The van der Waals surface area contributed by atoms with Crippen molar-refractivity contribution in [3.63, 3.8) is 0 Å². The Morgan fingerprint density at radius 3 is 1.13 bits per heavy atom. The molecule has 0 fully saturated rings. The van der Waals surface area contributed by atoms with Gasteiger partial charge in [0.25, 0.3) is 0 Å². The van der Waals surface area contributed by atoms with Crippen molar-refractivity contribution in [2.45, 2.75) is 0 Å². The third kappa shape index (κ3) is 9.77. The zero-order valence-corrected chi connectivity index (χ0v) is 41.7. The lowest BCUT2D eigenvalue weighted by molar-refractivity contribution is 1.13. The molecule has 358 valence electrons. The van der Waals surface area contributed by atoms with Crippen LogP contribution in [0, 0.1) is 0 Å². The van der Waals surface area contributed by atoms with Crippen LogP contribution in [0.1, 0.15) is 11.1 Å². The van der Waals surface area contributed by atoms with Crippen molar-refractivity contribution >= 4 is 62.5 Å². The Labute approximate surface area is 440 Å². The van der Waals surface area contributed by atoms with Gasteiger partial charge >= 0.3 is 0 Å². The van der Waals surface area contributed by atoms with Crippen LogP contribution in [0.15, 0.2) is 303 Å². The molecule has 0 aliphatic rings. The Hall–Kier alpha value is -9.90. The van der Waals surface area contributed by atoms with Gasteiger partial charge in [-0.2, -0.15) is 0 Å². The van der Waals surface area contributed by atoms with E-state index in [1.807, 2.05) is 0 Å². The summed E-state index contributed by atoms with van der Waals surface area (Å²) in [5, 5.41) is 1.16. The van der Waals surface area contributed by atoms with Gasteiger partial charge in [-0.1, -0.05) is 194 Å². The second kappa shape index (κ2) is 21.1. The lowest BCUT2D eigenvalue weighted by Gasteiger charge is -2.27. The molecule has 0 atom stereocenters. The van der Waals surface area contributed by atoms with Gasteiger partial charge in [-0.05, 0) is 154 Å². The van der Waals surface area contributed by atoms with Crippen LogP contribution in [0.3, 0.4) is 0 Å². The number of rotatable bonds is 14. The smallest absolute Gasteiger partial charge is 0.0541 e. The van der Waals surface area contributed by atoms with Gasteiger partial charge in [0.1, 0.15) is 0 Å². The summed E-state index contributed by atoms with van der Waals surface area (Å²) in [6, 6.07) is 109. The fourth-order valence-corrected chi connectivity index (χ4v) is 10.2. The van der Waals surface area contributed by atoms with Gasteiger partial charge < -0.3 is 19.3 Å². The van der Waals surface area contributed by atoms with E-state index in [0.29, 0.717) is 0 Å². The summed E-state index contributed by atoms with van der Waals surface area (Å²) in [7, 11) is 2.17. The molecule has 4 nitrogen and oxygen atoms in total. The van der Waals surface area contributed by atoms with Crippen LogP contribution in [-0.2, 0) is 0 Å². The lowest BCUT2D eigenvalue weighted by atomic mass is 10.0. The molecule has 11 aromatic carbocycles. The number of anilines is 7. The topological polar surface area (TPSA) is 14.7 Å². The Bertz CT molecular complexity index is 3740. The van der Waals surface area contributed by atoms with E-state index in [9.17, 15) is 0 Å². The Balaban J connectivity index is 0.972. The van der Waals surface area contributed by atoms with Crippen molar-refractivity contribution in [2.24, 2.45) is 0 Å². The molecule has 0 saturated carbocycles. The van der Waals surface area contributed by atoms with Crippen molar-refractivity contribution in [1.82, 2.24) is 4.57 Å². The quantitative estimate of drug-likeness (QED) is 0.101. The summed E-state index contributed by atoms with van der Waals surface area (Å²) in [5.41, 5.74) is 20.2. The summed E-state index contributed by atoms with van der Waals surface area (Å²) in [4.78, 5) is 6.92. The fourth-order valence-electron chi connectivity index (χ4n) is 10.2. The third-order valence-corrected chi connectivity index (χ3v) is 14.0. The molecule has 0 spiro atoms. The average Bonchev–Trinajstić information content (AvgIpc) is 3.88. The summed E-state index contributed by atoms with van der Waals surface area (Å²) in [6.07, 6.45) is 2.33. The van der Waals surface area contributed by atoms with Crippen LogP contribution in [0.4, 0.5) is 39.8 Å². The number of hydrogen-bond acceptors (Lipinski definition) is 3. The number of nitrogens with zero attached hydrogens (tertiary/aromatic N) is 4. The largest absolute Gasteiger partial charge is 0.344 e. The zero-order chi connectivity index (χ0) is 50.3. The molecule has 1 heterocycles. The monoisotopic (exact) mass is 962 g/mol. The molecule has 0 aliphatic carbocycles. The molecule has 0 radical (unpaired) electrons. The van der Waals surface area contributed by atoms with E-state index in [2.05, 4.69) is 336 Å². The molecule has 4 heteroatoms. The molecule has 75 heavy (non-hydrogen) atoms. The molecule has 0 amide bonds. The van der Waals surface area contributed by atoms with E-state index in [1.165, 1.54) is 22.3 Å². The number of hydrogen-bond donors (Lipinski definition) is 0. The summed E-state index contributed by atoms with van der Waals surface area (Å²) in [6.45, 7) is 0. The molecule has 12 aromatic rings. The maximum atomic E-state index is 2.42. The fraction of sp³-hybridized carbons (Fsp3) is 0.0141. The second-order valence-electron chi connectivity index (χ2n) is 18.7. The standard InChI is InChI=1S/C71H54N4/c1-72(61-42-44-66(45-43-61)73(62-24-12-4-13-25-62)63-26-14-5-15-27-63)69(58-38-34-56(35-39-58)54-20-8-2-9-21-54)50-53-32-33-60-52-71(59-40-36-57(37-41-59)55-22-10-3-11-23-55)75(70(60)51-53)68-48-46-67(47-49-68)74(64-28-16-6-17-29-64)65-30-18-7-19-31-65/h2-52H,1H3/b69-50-. The van der Waals surface area contributed by atoms with Crippen molar-refractivity contribution in [3.05, 3.63) is 314 Å². The highest BCUT2D eigenvalue weighted by Gasteiger charge is 2.19. The van der Waals surface area contributed by atoms with E-state index >= 15 is 0 Å². The van der Waals surface area contributed by atoms with Crippen LogP contribution in [0.5, 0.6) is 0 Å². The second-order valence-corrected chi connectivity index (χ2v) is 18.7. The summed E-state index contributed by atoms with van der Waals surface area (Å²) < 4.78 is 2.42. The van der Waals surface area contributed by atoms with Crippen LogP contribution >= 0.6 is 0 Å². The van der Waals surface area contributed by atoms with Gasteiger partial charge in [0.2, 0.25) is 0 Å². The predicted octanol–water partition coefficient (Wildman–Crippen LogP) is 19.2. The highest BCUT2D eigenvalue weighted by Crippen LogP contribution is 2.40. The molecule has 0 aliphatic heterocycles. The minimum atomic E-state index is 1.07. The first-order valence-corrected chi connectivity index (χ1v) is 25.5. The van der Waals surface area contributed by atoms with Crippen molar-refractivity contribution in [3.8, 4) is 39.2 Å². The lowest BCUT2D eigenvalue weighted by Crippen LogP contribution is -2.16. The van der Waals surface area contributed by atoms with Crippen LogP contribution in [-0.4, -0.2) is 11.6 Å². The molecule has 1 aromatic heterocycles. The van der Waals surface area contributed by atoms with E-state index in [4.69, 9.17) is 0 Å². The highest BCUT2D eigenvalue weighted by atomic mass is 15.2. The maximum absolute atomic E-state index is 2.42. The molecule has 0 saturated heterocycles. The molecule has 0 N–H and O–H groups in total. The van der Waals surface area contributed by atoms with Gasteiger partial charge in [0.15, 0.2) is 0 Å². The summed E-state index contributed by atoms with van der Waals surface area (Å²) >= 11 is 0. The normalized spacial score (nSPS) is 11.3. The van der Waals surface area contributed by atoms with Crippen LogP contribution < -0.4 is 14.7 Å². The van der Waals surface area contributed by atoms with Crippen molar-refractivity contribution < 1.29 is 0 Å². The maximum Gasteiger partial charge on any atom is 0.0541 e. The zero-order valence-electron chi connectivity index (χ0n) is 41.7. The first kappa shape index (κ1) is 46.2. The van der Waals surface area contributed by atoms with E-state index in [-0.39, 0.29) is 0 Å². The minimum absolute atomic E-state index is 1.07. The third-order valence-electron chi connectivity index (χ3n) is 14.0. The molecular weight excluding hydrogens is 909 g/mol. The van der Waals surface area contributed by atoms with E-state index in [1.54, 1.807) is 0 Å².